The molecule has 3 heteroatoms. The van der Waals surface area contributed by atoms with E-state index in [0.717, 1.165) is 39.0 Å². The van der Waals surface area contributed by atoms with Gasteiger partial charge < -0.3 is 4.90 Å². The van der Waals surface area contributed by atoms with Gasteiger partial charge in [0.1, 0.15) is 5.83 Å². The second-order valence-electron chi connectivity index (χ2n) is 4.96. The van der Waals surface area contributed by atoms with Crippen molar-refractivity contribution >= 4 is 0 Å². The summed E-state index contributed by atoms with van der Waals surface area (Å²) in [5, 5.41) is 0. The molecule has 90 valence electrons. The van der Waals surface area contributed by atoms with Crippen LogP contribution in [0.4, 0.5) is 4.39 Å². The maximum atomic E-state index is 13.9. The van der Waals surface area contributed by atoms with Gasteiger partial charge >= 0.3 is 0 Å². The zero-order valence-electron chi connectivity index (χ0n) is 10.2. The van der Waals surface area contributed by atoms with Crippen LogP contribution in [0.3, 0.4) is 0 Å². The molecule has 0 bridgehead atoms. The Labute approximate surface area is 97.4 Å². The van der Waals surface area contributed by atoms with Crippen molar-refractivity contribution in [3.05, 3.63) is 23.6 Å². The molecule has 0 aromatic heterocycles. The highest BCUT2D eigenvalue weighted by molar-refractivity contribution is 5.20. The first kappa shape index (κ1) is 11.8. The van der Waals surface area contributed by atoms with Crippen molar-refractivity contribution in [2.45, 2.75) is 25.8 Å². The number of rotatable bonds is 1. The van der Waals surface area contributed by atoms with Crippen LogP contribution >= 0.6 is 0 Å². The average molecular weight is 224 g/mol. The molecular weight excluding hydrogens is 203 g/mol. The summed E-state index contributed by atoms with van der Waals surface area (Å²) in [7, 11) is 2.13. The molecule has 1 aliphatic heterocycles. The number of allylic oxidation sites excluding steroid dienone is 3. The molecule has 1 fully saturated rings. The fraction of sp³-hybridized carbons (Fsp3) is 0.692. The molecule has 1 unspecified atom stereocenters. The average Bonchev–Trinajstić information content (AvgIpc) is 2.44. The predicted octanol–water partition coefficient (Wildman–Crippen LogP) is 2.20. The number of nitrogens with zero attached hydrogens (tertiary/aromatic N) is 2. The van der Waals surface area contributed by atoms with Gasteiger partial charge in [0, 0.05) is 26.2 Å². The lowest BCUT2D eigenvalue weighted by Crippen LogP contribution is -2.49. The Kier molecular flexibility index (Phi) is 3.77. The second kappa shape index (κ2) is 5.11. The van der Waals surface area contributed by atoms with E-state index in [2.05, 4.69) is 23.8 Å². The van der Waals surface area contributed by atoms with Gasteiger partial charge in [-0.3, -0.25) is 4.90 Å². The van der Waals surface area contributed by atoms with Crippen LogP contribution in [0.5, 0.6) is 0 Å². The van der Waals surface area contributed by atoms with E-state index in [1.807, 2.05) is 6.08 Å². The zero-order valence-corrected chi connectivity index (χ0v) is 10.2. The fourth-order valence-electron chi connectivity index (χ4n) is 2.41. The number of hydrogen-bond donors (Lipinski definition) is 0. The molecule has 16 heavy (non-hydrogen) atoms. The maximum Gasteiger partial charge on any atom is 0.117 e. The molecule has 1 saturated heterocycles. The Bertz CT molecular complexity index is 301. The summed E-state index contributed by atoms with van der Waals surface area (Å²) >= 11 is 0. The van der Waals surface area contributed by atoms with Crippen LogP contribution < -0.4 is 0 Å². The van der Waals surface area contributed by atoms with Gasteiger partial charge in [0.25, 0.3) is 0 Å². The lowest BCUT2D eigenvalue weighted by Gasteiger charge is -2.37. The molecule has 2 nitrogen and oxygen atoms in total. The van der Waals surface area contributed by atoms with Crippen molar-refractivity contribution in [2.75, 3.05) is 33.2 Å². The smallest absolute Gasteiger partial charge is 0.117 e. The van der Waals surface area contributed by atoms with E-state index < -0.39 is 0 Å². The van der Waals surface area contributed by atoms with E-state index in [0.29, 0.717) is 0 Å². The van der Waals surface area contributed by atoms with Crippen molar-refractivity contribution in [1.82, 2.24) is 9.80 Å². The third-order valence-corrected chi connectivity index (χ3v) is 3.64. The summed E-state index contributed by atoms with van der Waals surface area (Å²) in [5.74, 6) is 0.0430. The molecule has 0 aromatic carbocycles. The van der Waals surface area contributed by atoms with Crippen LogP contribution in [0, 0.1) is 0 Å². The van der Waals surface area contributed by atoms with Crippen molar-refractivity contribution in [2.24, 2.45) is 0 Å². The summed E-state index contributed by atoms with van der Waals surface area (Å²) in [5.41, 5.74) is 1.28. The van der Waals surface area contributed by atoms with Gasteiger partial charge in [0.15, 0.2) is 0 Å². The van der Waals surface area contributed by atoms with Gasteiger partial charge in [-0.1, -0.05) is 11.6 Å². The minimum atomic E-state index is 0.0161. The number of hydrogen-bond acceptors (Lipinski definition) is 2. The molecule has 0 N–H and O–H groups in total. The normalized spacial score (nSPS) is 29.6. The number of likely N-dealkylation sites (N-methyl/N-ethyl adjacent to an activating group) is 1. The van der Waals surface area contributed by atoms with E-state index in [4.69, 9.17) is 0 Å². The highest BCUT2D eigenvalue weighted by Crippen LogP contribution is 2.24. The first-order valence-corrected chi connectivity index (χ1v) is 6.12. The fourth-order valence-corrected chi connectivity index (χ4v) is 2.41. The molecule has 1 atom stereocenters. The first-order valence-electron chi connectivity index (χ1n) is 6.12. The lowest BCUT2D eigenvalue weighted by atomic mass is 10.1. The van der Waals surface area contributed by atoms with E-state index in [9.17, 15) is 4.39 Å². The minimum Gasteiger partial charge on any atom is -0.304 e. The van der Waals surface area contributed by atoms with Gasteiger partial charge in [-0.2, -0.15) is 0 Å². The molecule has 0 saturated carbocycles. The quantitative estimate of drug-likeness (QED) is 0.673. The topological polar surface area (TPSA) is 6.48 Å². The molecule has 2 aliphatic rings. The monoisotopic (exact) mass is 224 g/mol. The summed E-state index contributed by atoms with van der Waals surface area (Å²) in [4.78, 5) is 4.59. The SMILES string of the molecule is CC1=CC=C(F)C(N2CCN(C)CC2)CC1. The Morgan fingerprint density at radius 2 is 1.88 bits per heavy atom. The zero-order chi connectivity index (χ0) is 11.5. The number of piperazine rings is 1. The van der Waals surface area contributed by atoms with Gasteiger partial charge in [-0.15, -0.1) is 0 Å². The van der Waals surface area contributed by atoms with E-state index in [-0.39, 0.29) is 11.9 Å². The van der Waals surface area contributed by atoms with Gasteiger partial charge in [0.05, 0.1) is 6.04 Å². The van der Waals surface area contributed by atoms with Crippen LogP contribution in [0.25, 0.3) is 0 Å². The van der Waals surface area contributed by atoms with E-state index in [1.165, 1.54) is 5.57 Å². The van der Waals surface area contributed by atoms with Crippen LogP contribution in [-0.4, -0.2) is 49.1 Å². The summed E-state index contributed by atoms with van der Waals surface area (Å²) in [6.07, 6.45) is 5.52. The van der Waals surface area contributed by atoms with Crippen LogP contribution in [0.2, 0.25) is 0 Å². The summed E-state index contributed by atoms with van der Waals surface area (Å²) in [6, 6.07) is 0.0161. The summed E-state index contributed by atoms with van der Waals surface area (Å²) < 4.78 is 13.9. The Morgan fingerprint density at radius 3 is 2.56 bits per heavy atom. The highest BCUT2D eigenvalue weighted by atomic mass is 19.1. The third-order valence-electron chi connectivity index (χ3n) is 3.64. The van der Waals surface area contributed by atoms with Crippen molar-refractivity contribution in [3.8, 4) is 0 Å². The Morgan fingerprint density at radius 1 is 1.19 bits per heavy atom. The number of halogens is 1. The van der Waals surface area contributed by atoms with Gasteiger partial charge in [-0.05, 0) is 32.9 Å². The molecular formula is C13H21FN2. The predicted molar refractivity (Wildman–Crippen MR) is 65.0 cm³/mol. The van der Waals surface area contributed by atoms with Crippen LogP contribution in [0.1, 0.15) is 19.8 Å². The largest absolute Gasteiger partial charge is 0.304 e. The van der Waals surface area contributed by atoms with E-state index in [1.54, 1.807) is 6.08 Å². The second-order valence-corrected chi connectivity index (χ2v) is 4.96. The molecule has 2 rings (SSSR count). The van der Waals surface area contributed by atoms with Gasteiger partial charge in [0.2, 0.25) is 0 Å². The highest BCUT2D eigenvalue weighted by Gasteiger charge is 2.26. The van der Waals surface area contributed by atoms with Crippen LogP contribution in [-0.2, 0) is 0 Å². The molecule has 1 heterocycles. The van der Waals surface area contributed by atoms with E-state index >= 15 is 0 Å². The molecule has 1 aliphatic carbocycles. The van der Waals surface area contributed by atoms with Crippen molar-refractivity contribution < 1.29 is 4.39 Å². The first-order chi connectivity index (χ1) is 7.66. The molecule has 0 amide bonds. The van der Waals surface area contributed by atoms with Crippen molar-refractivity contribution in [1.29, 1.82) is 0 Å². The van der Waals surface area contributed by atoms with Crippen LogP contribution in [0.15, 0.2) is 23.6 Å². The Hall–Kier alpha value is -0.670. The molecule has 0 aromatic rings. The van der Waals surface area contributed by atoms with Crippen molar-refractivity contribution in [3.63, 3.8) is 0 Å². The maximum absolute atomic E-state index is 13.9. The summed E-state index contributed by atoms with van der Waals surface area (Å²) in [6.45, 7) is 6.16. The third kappa shape index (κ3) is 2.71. The molecule has 0 radical (unpaired) electrons. The minimum absolute atomic E-state index is 0.0161. The van der Waals surface area contributed by atoms with Gasteiger partial charge in [-0.25, -0.2) is 4.39 Å². The molecule has 0 spiro atoms. The standard InChI is InChI=1S/C13H21FN2/c1-11-3-5-12(14)13(6-4-11)16-9-7-15(2)8-10-16/h3,5,13H,4,6-10H2,1-2H3. The lowest BCUT2D eigenvalue weighted by molar-refractivity contribution is 0.112. The Balaban J connectivity index is 1.99.